The second-order valence-corrected chi connectivity index (χ2v) is 6.75. The van der Waals surface area contributed by atoms with Gasteiger partial charge in [0, 0.05) is 33.2 Å². The van der Waals surface area contributed by atoms with Crippen LogP contribution in [-0.4, -0.2) is 17.3 Å². The van der Waals surface area contributed by atoms with Crippen molar-refractivity contribution in [3.05, 3.63) is 79.8 Å². The van der Waals surface area contributed by atoms with Gasteiger partial charge >= 0.3 is 0 Å². The number of carbonyl (C=O) groups is 1. The molecule has 2 aromatic carbocycles. The van der Waals surface area contributed by atoms with E-state index in [1.54, 1.807) is 18.2 Å². The molecule has 0 bridgehead atoms. The molecule has 6 heteroatoms. The Hall–Kier alpha value is -1.91. The highest BCUT2D eigenvalue weighted by atomic mass is 35.5. The molecule has 1 aliphatic carbocycles. The zero-order chi connectivity index (χ0) is 17.3. The van der Waals surface area contributed by atoms with E-state index >= 15 is 0 Å². The van der Waals surface area contributed by atoms with E-state index < -0.39 is 12.0 Å². The average Bonchev–Trinajstić information content (AvgIpc) is 2.53. The van der Waals surface area contributed by atoms with Crippen LogP contribution in [0.4, 0.5) is 0 Å². The van der Waals surface area contributed by atoms with E-state index in [-0.39, 0.29) is 23.2 Å². The number of hydrogen-bond acceptors (Lipinski definition) is 3. The maximum Gasteiger partial charge on any atom is 0.224 e. The molecule has 0 unspecified atom stereocenters. The fourth-order valence-electron chi connectivity index (χ4n) is 3.81. The second kappa shape index (κ2) is 6.91. The third-order valence-corrected chi connectivity index (χ3v) is 5.44. The molecule has 0 aromatic heterocycles. The van der Waals surface area contributed by atoms with Crippen molar-refractivity contribution in [2.24, 2.45) is 5.92 Å². The monoisotopic (exact) mass is 363 g/mol. The molecule has 0 N–H and O–H groups in total. The van der Waals surface area contributed by atoms with E-state index in [0.29, 0.717) is 15.6 Å². The van der Waals surface area contributed by atoms with Crippen molar-refractivity contribution >= 4 is 29.5 Å². The van der Waals surface area contributed by atoms with Crippen molar-refractivity contribution in [3.8, 4) is 0 Å². The molecule has 0 aliphatic heterocycles. The summed E-state index contributed by atoms with van der Waals surface area (Å²) in [5.74, 6) is -0.977. The van der Waals surface area contributed by atoms with Gasteiger partial charge < -0.3 is 4.79 Å². The summed E-state index contributed by atoms with van der Waals surface area (Å²) in [4.78, 5) is 22.4. The van der Waals surface area contributed by atoms with Gasteiger partial charge in [-0.1, -0.05) is 59.6 Å². The van der Waals surface area contributed by atoms with Gasteiger partial charge in [0.25, 0.3) is 0 Å². The number of benzene rings is 2. The first-order valence-electron chi connectivity index (χ1n) is 7.62. The van der Waals surface area contributed by atoms with Gasteiger partial charge in [-0.2, -0.15) is 0 Å². The van der Waals surface area contributed by atoms with Crippen molar-refractivity contribution in [2.45, 2.75) is 24.3 Å². The third-order valence-electron chi connectivity index (χ3n) is 4.78. The van der Waals surface area contributed by atoms with Gasteiger partial charge in [0.2, 0.25) is 6.04 Å². The van der Waals surface area contributed by atoms with Gasteiger partial charge in [0.05, 0.1) is 5.92 Å². The van der Waals surface area contributed by atoms with E-state index in [1.807, 2.05) is 30.3 Å². The lowest BCUT2D eigenvalue weighted by Crippen LogP contribution is -2.52. The van der Waals surface area contributed by atoms with E-state index in [4.69, 9.17) is 23.2 Å². The Morgan fingerprint density at radius 1 is 1.00 bits per heavy atom. The number of aldehydes is 1. The van der Waals surface area contributed by atoms with Gasteiger partial charge in [0.15, 0.2) is 0 Å². The van der Waals surface area contributed by atoms with Crippen LogP contribution in [0.25, 0.3) is 0 Å². The minimum absolute atomic E-state index is 0.143. The lowest BCUT2D eigenvalue weighted by atomic mass is 9.55. The summed E-state index contributed by atoms with van der Waals surface area (Å²) >= 11 is 12.6. The Labute approximate surface area is 149 Å². The molecule has 4 atom stereocenters. The zero-order valence-electron chi connectivity index (χ0n) is 12.6. The topological polar surface area (TPSA) is 60.2 Å². The summed E-state index contributed by atoms with van der Waals surface area (Å²) in [7, 11) is 0. The Balaban J connectivity index is 2.12. The molecule has 0 amide bonds. The van der Waals surface area contributed by atoms with Crippen LogP contribution in [0.3, 0.4) is 0 Å². The van der Waals surface area contributed by atoms with Gasteiger partial charge in [-0.15, -0.1) is 0 Å². The Morgan fingerprint density at radius 3 is 2.17 bits per heavy atom. The van der Waals surface area contributed by atoms with E-state index in [9.17, 15) is 14.9 Å². The molecular formula is C18H15Cl2NO3. The predicted octanol–water partition coefficient (Wildman–Crippen LogP) is 4.72. The van der Waals surface area contributed by atoms with E-state index in [0.717, 1.165) is 11.8 Å². The number of nitrogens with zero attached hydrogens (tertiary/aromatic N) is 1. The van der Waals surface area contributed by atoms with Crippen molar-refractivity contribution in [3.63, 3.8) is 0 Å². The first kappa shape index (κ1) is 16.9. The predicted molar refractivity (Wildman–Crippen MR) is 93.3 cm³/mol. The second-order valence-electron chi connectivity index (χ2n) is 5.94. The molecule has 0 heterocycles. The smallest absolute Gasteiger partial charge is 0.224 e. The zero-order valence-corrected chi connectivity index (χ0v) is 14.2. The van der Waals surface area contributed by atoms with Crippen LogP contribution in [0.15, 0.2) is 48.5 Å². The standard InChI is InChI=1S/C18H15Cl2NO3/c19-13-7-4-8-14(20)16(13)17-15(11-5-2-1-3-6-11)12(9-10-22)18(17)21(23)24/h1-8,10,12,15,17-18H,9H2/t12-,15-,17-,18+/m1/s1. The van der Waals surface area contributed by atoms with Crippen LogP contribution < -0.4 is 0 Å². The molecular weight excluding hydrogens is 349 g/mol. The molecule has 1 saturated carbocycles. The highest BCUT2D eigenvalue weighted by Crippen LogP contribution is 2.58. The van der Waals surface area contributed by atoms with Crippen LogP contribution in [0.2, 0.25) is 10.0 Å². The summed E-state index contributed by atoms with van der Waals surface area (Å²) < 4.78 is 0. The molecule has 2 aromatic rings. The first-order valence-corrected chi connectivity index (χ1v) is 8.37. The van der Waals surface area contributed by atoms with Gasteiger partial charge in [-0.25, -0.2) is 0 Å². The first-order chi connectivity index (χ1) is 11.6. The number of nitro groups is 1. The largest absolute Gasteiger partial charge is 0.303 e. The van der Waals surface area contributed by atoms with Crippen LogP contribution in [0.5, 0.6) is 0 Å². The van der Waals surface area contributed by atoms with Crippen molar-refractivity contribution < 1.29 is 9.72 Å². The quantitative estimate of drug-likeness (QED) is 0.438. The Bertz CT molecular complexity index is 746. The lowest BCUT2D eigenvalue weighted by Gasteiger charge is -2.47. The molecule has 1 aliphatic rings. The molecule has 4 nitrogen and oxygen atoms in total. The fraction of sp³-hybridized carbons (Fsp3) is 0.278. The van der Waals surface area contributed by atoms with Gasteiger partial charge in [-0.05, 0) is 23.3 Å². The van der Waals surface area contributed by atoms with Crippen LogP contribution in [0, 0.1) is 16.0 Å². The molecule has 0 spiro atoms. The van der Waals surface area contributed by atoms with Crippen LogP contribution >= 0.6 is 23.2 Å². The Kier molecular flexibility index (Phi) is 4.88. The van der Waals surface area contributed by atoms with Gasteiger partial charge in [-0.3, -0.25) is 10.1 Å². The Morgan fingerprint density at radius 2 is 1.62 bits per heavy atom. The molecule has 24 heavy (non-hydrogen) atoms. The number of carbonyl (C=O) groups excluding carboxylic acids is 1. The summed E-state index contributed by atoms with van der Waals surface area (Å²) in [6.45, 7) is 0. The fourth-order valence-corrected chi connectivity index (χ4v) is 4.46. The normalized spacial score (nSPS) is 25.8. The van der Waals surface area contributed by atoms with Crippen molar-refractivity contribution in [1.82, 2.24) is 0 Å². The maximum absolute atomic E-state index is 11.7. The maximum atomic E-state index is 11.7. The highest BCUT2D eigenvalue weighted by Gasteiger charge is 2.59. The van der Waals surface area contributed by atoms with Crippen molar-refractivity contribution in [1.29, 1.82) is 0 Å². The molecule has 0 radical (unpaired) electrons. The minimum atomic E-state index is -0.877. The number of halogens is 2. The number of rotatable bonds is 5. The van der Waals surface area contributed by atoms with E-state index in [1.165, 1.54) is 0 Å². The molecule has 1 fully saturated rings. The lowest BCUT2D eigenvalue weighted by molar-refractivity contribution is -0.554. The summed E-state index contributed by atoms with van der Waals surface area (Å²) in [6.07, 6.45) is 0.894. The minimum Gasteiger partial charge on any atom is -0.303 e. The number of hydrogen-bond donors (Lipinski definition) is 0. The third kappa shape index (κ3) is 2.80. The highest BCUT2D eigenvalue weighted by molar-refractivity contribution is 6.36. The summed E-state index contributed by atoms with van der Waals surface area (Å²) in [5.41, 5.74) is 1.56. The van der Waals surface area contributed by atoms with E-state index in [2.05, 4.69) is 0 Å². The average molecular weight is 364 g/mol. The molecule has 3 rings (SSSR count). The summed E-state index contributed by atoms with van der Waals surface area (Å²) in [6, 6.07) is 13.7. The summed E-state index contributed by atoms with van der Waals surface area (Å²) in [5, 5.41) is 12.5. The van der Waals surface area contributed by atoms with Crippen molar-refractivity contribution in [2.75, 3.05) is 0 Å². The van der Waals surface area contributed by atoms with Gasteiger partial charge in [0.1, 0.15) is 6.29 Å². The van der Waals surface area contributed by atoms with Crippen LogP contribution in [-0.2, 0) is 4.79 Å². The SMILES string of the molecule is O=CC[C@@H]1[C@@H](c2ccccc2)[C@H](c2c(Cl)cccc2Cl)[C@H]1[N+](=O)[O-]. The molecule has 0 saturated heterocycles. The molecule has 124 valence electrons. The van der Waals surface area contributed by atoms with Crippen LogP contribution in [0.1, 0.15) is 29.4 Å².